The molecule has 0 aromatic carbocycles. The number of carbonyl (C=O) groups is 1. The number of hydrogen-bond donors (Lipinski definition) is 2. The number of hydrogen-bond acceptors (Lipinski definition) is 3. The Morgan fingerprint density at radius 1 is 1.59 bits per heavy atom. The van der Waals surface area contributed by atoms with Gasteiger partial charge in [0.25, 0.3) is 0 Å². The van der Waals surface area contributed by atoms with Crippen LogP contribution in [0.2, 0.25) is 0 Å². The number of carbonyl (C=O) groups excluding carboxylic acids is 1. The van der Waals surface area contributed by atoms with E-state index in [0.29, 0.717) is 12.3 Å². The second-order valence-electron chi connectivity index (χ2n) is 4.24. The van der Waals surface area contributed by atoms with Gasteiger partial charge in [-0.2, -0.15) is 0 Å². The lowest BCUT2D eigenvalue weighted by Crippen LogP contribution is -2.28. The molecule has 0 aliphatic carbocycles. The molecule has 1 atom stereocenters. The van der Waals surface area contributed by atoms with Gasteiger partial charge >= 0.3 is 0 Å². The fourth-order valence-electron chi connectivity index (χ4n) is 2.00. The molecule has 1 unspecified atom stereocenters. The lowest BCUT2D eigenvalue weighted by Gasteiger charge is -2.08. The highest BCUT2D eigenvalue weighted by atomic mass is 35.5. The van der Waals surface area contributed by atoms with Crippen molar-refractivity contribution >= 4 is 29.7 Å². The van der Waals surface area contributed by atoms with Crippen molar-refractivity contribution in [3.05, 3.63) is 22.4 Å². The first-order valence-corrected chi connectivity index (χ1v) is 6.72. The highest BCUT2D eigenvalue weighted by Crippen LogP contribution is 2.12. The number of amides is 1. The van der Waals surface area contributed by atoms with E-state index in [4.69, 9.17) is 0 Å². The zero-order valence-corrected chi connectivity index (χ0v) is 11.4. The molecule has 5 heteroatoms. The van der Waals surface area contributed by atoms with Crippen LogP contribution in [0.3, 0.4) is 0 Å². The van der Waals surface area contributed by atoms with Gasteiger partial charge in [-0.3, -0.25) is 4.79 Å². The fraction of sp³-hybridized carbons (Fsp3) is 0.583. The lowest BCUT2D eigenvalue weighted by atomic mass is 10.0. The molecule has 2 rings (SSSR count). The summed E-state index contributed by atoms with van der Waals surface area (Å²) in [6, 6.07) is 4.16. The molecule has 0 radical (unpaired) electrons. The molecular weight excluding hydrogens is 256 g/mol. The Hall–Kier alpha value is -0.580. The first-order chi connectivity index (χ1) is 7.84. The van der Waals surface area contributed by atoms with Crippen LogP contribution in [0.15, 0.2) is 17.5 Å². The Balaban J connectivity index is 0.00000144. The summed E-state index contributed by atoms with van der Waals surface area (Å²) in [5, 5.41) is 8.34. The minimum Gasteiger partial charge on any atom is -0.356 e. The van der Waals surface area contributed by atoms with E-state index in [0.717, 1.165) is 32.5 Å². The molecule has 2 heterocycles. The number of halogens is 1. The Bertz CT molecular complexity index is 323. The standard InChI is InChI=1S/C12H18N2OS.ClH/c15-12(8-10-3-5-13-9-10)14-6-4-11-2-1-7-16-11;/h1-2,7,10,13H,3-6,8-9H2,(H,14,15);1H. The Morgan fingerprint density at radius 2 is 2.47 bits per heavy atom. The molecule has 1 aliphatic heterocycles. The highest BCUT2D eigenvalue weighted by Gasteiger charge is 2.17. The van der Waals surface area contributed by atoms with Gasteiger partial charge in [-0.1, -0.05) is 6.07 Å². The van der Waals surface area contributed by atoms with Crippen LogP contribution in [0.5, 0.6) is 0 Å². The van der Waals surface area contributed by atoms with Gasteiger partial charge in [-0.25, -0.2) is 0 Å². The average Bonchev–Trinajstić information content (AvgIpc) is 2.90. The van der Waals surface area contributed by atoms with Crippen molar-refractivity contribution in [2.45, 2.75) is 19.3 Å². The van der Waals surface area contributed by atoms with Crippen LogP contribution in [-0.2, 0) is 11.2 Å². The van der Waals surface area contributed by atoms with Crippen LogP contribution in [0.4, 0.5) is 0 Å². The molecule has 2 N–H and O–H groups in total. The minimum absolute atomic E-state index is 0. The van der Waals surface area contributed by atoms with Crippen molar-refractivity contribution in [2.24, 2.45) is 5.92 Å². The van der Waals surface area contributed by atoms with Crippen LogP contribution in [0, 0.1) is 5.92 Å². The third-order valence-electron chi connectivity index (χ3n) is 2.91. The van der Waals surface area contributed by atoms with Crippen molar-refractivity contribution < 1.29 is 4.79 Å². The lowest BCUT2D eigenvalue weighted by molar-refractivity contribution is -0.121. The summed E-state index contributed by atoms with van der Waals surface area (Å²) in [4.78, 5) is 12.9. The normalized spacial score (nSPS) is 18.7. The van der Waals surface area contributed by atoms with Gasteiger partial charge in [0, 0.05) is 17.8 Å². The van der Waals surface area contributed by atoms with E-state index in [9.17, 15) is 4.79 Å². The largest absolute Gasteiger partial charge is 0.356 e. The first kappa shape index (κ1) is 14.5. The maximum atomic E-state index is 11.6. The van der Waals surface area contributed by atoms with Crippen molar-refractivity contribution in [1.82, 2.24) is 10.6 Å². The second kappa shape index (κ2) is 7.69. The van der Waals surface area contributed by atoms with E-state index in [2.05, 4.69) is 22.1 Å². The predicted octanol–water partition coefficient (Wildman–Crippen LogP) is 1.83. The summed E-state index contributed by atoms with van der Waals surface area (Å²) in [5.41, 5.74) is 0. The van der Waals surface area contributed by atoms with Gasteiger partial charge in [-0.15, -0.1) is 23.7 Å². The Labute approximate surface area is 112 Å². The fourth-order valence-corrected chi connectivity index (χ4v) is 2.71. The van der Waals surface area contributed by atoms with Gasteiger partial charge in [0.1, 0.15) is 0 Å². The molecule has 1 amide bonds. The average molecular weight is 275 g/mol. The monoisotopic (exact) mass is 274 g/mol. The molecule has 0 bridgehead atoms. The second-order valence-corrected chi connectivity index (χ2v) is 5.27. The molecule has 0 saturated carbocycles. The minimum atomic E-state index is 0. The summed E-state index contributed by atoms with van der Waals surface area (Å²) in [7, 11) is 0. The van der Waals surface area contributed by atoms with Crippen molar-refractivity contribution in [2.75, 3.05) is 19.6 Å². The van der Waals surface area contributed by atoms with Gasteiger partial charge in [0.2, 0.25) is 5.91 Å². The molecule has 1 aromatic rings. The van der Waals surface area contributed by atoms with Gasteiger partial charge in [0.05, 0.1) is 0 Å². The summed E-state index contributed by atoms with van der Waals surface area (Å²) >= 11 is 1.75. The maximum absolute atomic E-state index is 11.6. The zero-order chi connectivity index (χ0) is 11.2. The van der Waals surface area contributed by atoms with Crippen LogP contribution in [0.25, 0.3) is 0 Å². The molecular formula is C12H19ClN2OS. The third-order valence-corrected chi connectivity index (χ3v) is 3.85. The Morgan fingerprint density at radius 3 is 3.12 bits per heavy atom. The van der Waals surface area contributed by atoms with Gasteiger partial charge in [0.15, 0.2) is 0 Å². The van der Waals surface area contributed by atoms with Crippen LogP contribution >= 0.6 is 23.7 Å². The van der Waals surface area contributed by atoms with Crippen LogP contribution in [-0.4, -0.2) is 25.5 Å². The zero-order valence-electron chi connectivity index (χ0n) is 9.78. The van der Waals surface area contributed by atoms with Gasteiger partial charge in [-0.05, 0) is 43.3 Å². The first-order valence-electron chi connectivity index (χ1n) is 5.84. The van der Waals surface area contributed by atoms with E-state index in [1.54, 1.807) is 11.3 Å². The number of rotatable bonds is 5. The molecule has 1 fully saturated rings. The van der Waals surface area contributed by atoms with Crippen molar-refractivity contribution in [1.29, 1.82) is 0 Å². The van der Waals surface area contributed by atoms with Crippen LogP contribution < -0.4 is 10.6 Å². The number of nitrogens with one attached hydrogen (secondary N) is 2. The molecule has 1 aromatic heterocycles. The molecule has 0 spiro atoms. The van der Waals surface area contributed by atoms with Gasteiger partial charge < -0.3 is 10.6 Å². The Kier molecular flexibility index (Phi) is 6.55. The molecule has 96 valence electrons. The SMILES string of the molecule is Cl.O=C(CC1CCNC1)NCCc1cccs1. The summed E-state index contributed by atoms with van der Waals surface area (Å²) < 4.78 is 0. The van der Waals surface area contributed by atoms with Crippen molar-refractivity contribution in [3.63, 3.8) is 0 Å². The van der Waals surface area contributed by atoms with E-state index in [1.165, 1.54) is 4.88 Å². The topological polar surface area (TPSA) is 41.1 Å². The van der Waals surface area contributed by atoms with E-state index < -0.39 is 0 Å². The predicted molar refractivity (Wildman–Crippen MR) is 73.9 cm³/mol. The van der Waals surface area contributed by atoms with E-state index in [1.807, 2.05) is 6.07 Å². The van der Waals surface area contributed by atoms with E-state index in [-0.39, 0.29) is 18.3 Å². The molecule has 17 heavy (non-hydrogen) atoms. The van der Waals surface area contributed by atoms with Crippen LogP contribution in [0.1, 0.15) is 17.7 Å². The van der Waals surface area contributed by atoms with E-state index >= 15 is 0 Å². The molecule has 1 aliphatic rings. The third kappa shape index (κ3) is 5.06. The highest BCUT2D eigenvalue weighted by molar-refractivity contribution is 7.09. The summed E-state index contributed by atoms with van der Waals surface area (Å²) in [6.45, 7) is 2.82. The molecule has 3 nitrogen and oxygen atoms in total. The van der Waals surface area contributed by atoms with Crippen molar-refractivity contribution in [3.8, 4) is 0 Å². The smallest absolute Gasteiger partial charge is 0.220 e. The maximum Gasteiger partial charge on any atom is 0.220 e. The summed E-state index contributed by atoms with van der Waals surface area (Å²) in [5.74, 6) is 0.743. The number of thiophene rings is 1. The quantitative estimate of drug-likeness (QED) is 0.860. The summed E-state index contributed by atoms with van der Waals surface area (Å²) in [6.07, 6.45) is 2.77. The molecule has 1 saturated heterocycles.